The summed E-state index contributed by atoms with van der Waals surface area (Å²) in [4.78, 5) is 4.15. The molecule has 1 fully saturated rings. The molecule has 1 saturated heterocycles. The molecule has 3 rings (SSSR count). The number of nitrogens with zero attached hydrogens (tertiary/aromatic N) is 2. The maximum atomic E-state index is 13.8. The van der Waals surface area contributed by atoms with Crippen LogP contribution in [0.5, 0.6) is 0 Å². The fraction of sp³-hybridized carbons (Fsp3) is 0.385. The van der Waals surface area contributed by atoms with E-state index in [1.807, 2.05) is 0 Å². The molecule has 2 heterocycles. The molecule has 0 saturated carbocycles. The van der Waals surface area contributed by atoms with E-state index in [1.165, 1.54) is 6.07 Å². The Balaban J connectivity index is 1.82. The molecular formula is C13H13ClFN3O2. The van der Waals surface area contributed by atoms with Crippen LogP contribution >= 0.6 is 11.6 Å². The van der Waals surface area contributed by atoms with E-state index in [2.05, 4.69) is 15.5 Å². The molecule has 0 bridgehead atoms. The largest absolute Gasteiger partial charge is 0.379 e. The van der Waals surface area contributed by atoms with Gasteiger partial charge in [0.1, 0.15) is 5.82 Å². The molecule has 2 aromatic rings. The third-order valence-corrected chi connectivity index (χ3v) is 3.67. The van der Waals surface area contributed by atoms with E-state index in [1.54, 1.807) is 12.1 Å². The van der Waals surface area contributed by atoms with Gasteiger partial charge in [-0.2, -0.15) is 4.98 Å². The summed E-state index contributed by atoms with van der Waals surface area (Å²) in [6, 6.07) is 4.76. The molecule has 0 radical (unpaired) electrons. The Morgan fingerprint density at radius 2 is 2.35 bits per heavy atom. The Morgan fingerprint density at radius 3 is 3.10 bits per heavy atom. The first kappa shape index (κ1) is 13.5. The number of halogens is 2. The van der Waals surface area contributed by atoms with Gasteiger partial charge in [0.05, 0.1) is 5.02 Å². The van der Waals surface area contributed by atoms with Crippen molar-refractivity contribution in [1.82, 2.24) is 15.5 Å². The number of nitrogens with one attached hydrogen (secondary N) is 1. The predicted octanol–water partition coefficient (Wildman–Crippen LogP) is 1.63. The van der Waals surface area contributed by atoms with Crippen LogP contribution in [0.15, 0.2) is 22.7 Å². The second kappa shape index (κ2) is 5.12. The maximum absolute atomic E-state index is 13.8. The quantitative estimate of drug-likeness (QED) is 0.901. The van der Waals surface area contributed by atoms with E-state index >= 15 is 0 Å². The lowest BCUT2D eigenvalue weighted by atomic mass is 10.0. The Morgan fingerprint density at radius 1 is 1.50 bits per heavy atom. The van der Waals surface area contributed by atoms with Gasteiger partial charge in [0.15, 0.2) is 11.4 Å². The van der Waals surface area contributed by atoms with Crippen molar-refractivity contribution in [3.63, 3.8) is 0 Å². The second-order valence-electron chi connectivity index (χ2n) is 4.86. The van der Waals surface area contributed by atoms with Crippen molar-refractivity contribution in [2.45, 2.75) is 18.4 Å². The third kappa shape index (κ3) is 2.42. The van der Waals surface area contributed by atoms with Crippen LogP contribution in [-0.2, 0) is 12.0 Å². The first-order valence-electron chi connectivity index (χ1n) is 6.27. The van der Waals surface area contributed by atoms with Gasteiger partial charge in [0.25, 0.3) is 5.89 Å². The number of rotatable bonds is 3. The van der Waals surface area contributed by atoms with E-state index in [0.29, 0.717) is 30.9 Å². The summed E-state index contributed by atoms with van der Waals surface area (Å²) >= 11 is 5.72. The first-order valence-corrected chi connectivity index (χ1v) is 6.65. The molecule has 1 aromatic heterocycles. The number of aromatic nitrogens is 2. The number of aliphatic hydroxyl groups is 1. The zero-order valence-electron chi connectivity index (χ0n) is 10.6. The van der Waals surface area contributed by atoms with Crippen LogP contribution in [0.1, 0.15) is 23.7 Å². The molecule has 1 unspecified atom stereocenters. The normalized spacial score (nSPS) is 22.4. The summed E-state index contributed by atoms with van der Waals surface area (Å²) in [6.07, 6.45) is 0.680. The molecule has 1 aromatic carbocycles. The smallest absolute Gasteiger partial charge is 0.259 e. The van der Waals surface area contributed by atoms with Crippen LogP contribution < -0.4 is 5.32 Å². The number of β-amino-alcohol motifs (C(OH)–C–C–N with tert-alkyl or cyclic N) is 1. The van der Waals surface area contributed by atoms with Gasteiger partial charge in [-0.1, -0.05) is 28.9 Å². The zero-order chi connectivity index (χ0) is 14.2. The van der Waals surface area contributed by atoms with Crippen molar-refractivity contribution < 1.29 is 14.0 Å². The highest BCUT2D eigenvalue weighted by Crippen LogP contribution is 2.26. The van der Waals surface area contributed by atoms with Crippen LogP contribution in [-0.4, -0.2) is 28.3 Å². The van der Waals surface area contributed by atoms with Crippen molar-refractivity contribution in [1.29, 1.82) is 0 Å². The minimum absolute atomic E-state index is 0.0600. The SMILES string of the molecule is OC1(c2nc(Cc3cccc(Cl)c3F)no2)CCNC1. The van der Waals surface area contributed by atoms with Gasteiger partial charge < -0.3 is 14.9 Å². The standard InChI is InChI=1S/C13H13ClFN3O2/c14-9-3-1-2-8(11(9)15)6-10-17-12(20-18-10)13(19)4-5-16-7-13/h1-3,16,19H,4-7H2. The van der Waals surface area contributed by atoms with Gasteiger partial charge >= 0.3 is 0 Å². The van der Waals surface area contributed by atoms with Gasteiger partial charge in [0.2, 0.25) is 0 Å². The van der Waals surface area contributed by atoms with Crippen LogP contribution in [0.3, 0.4) is 0 Å². The van der Waals surface area contributed by atoms with E-state index in [4.69, 9.17) is 16.1 Å². The lowest BCUT2D eigenvalue weighted by molar-refractivity contribution is 0.0243. The zero-order valence-corrected chi connectivity index (χ0v) is 11.3. The van der Waals surface area contributed by atoms with Crippen molar-refractivity contribution in [2.24, 2.45) is 0 Å². The lowest BCUT2D eigenvalue weighted by Crippen LogP contribution is -2.28. The van der Waals surface area contributed by atoms with Crippen molar-refractivity contribution in [2.75, 3.05) is 13.1 Å². The van der Waals surface area contributed by atoms with E-state index in [0.717, 1.165) is 0 Å². The second-order valence-corrected chi connectivity index (χ2v) is 5.27. The van der Waals surface area contributed by atoms with Crippen LogP contribution in [0.4, 0.5) is 4.39 Å². The molecule has 5 nitrogen and oxygen atoms in total. The minimum atomic E-state index is -1.13. The summed E-state index contributed by atoms with van der Waals surface area (Å²) in [6.45, 7) is 1.07. The summed E-state index contributed by atoms with van der Waals surface area (Å²) in [7, 11) is 0. The van der Waals surface area contributed by atoms with Gasteiger partial charge in [0, 0.05) is 13.0 Å². The van der Waals surface area contributed by atoms with Crippen molar-refractivity contribution in [3.05, 3.63) is 46.3 Å². The average molecular weight is 298 g/mol. The average Bonchev–Trinajstić information content (AvgIpc) is 3.05. The number of hydrogen-bond donors (Lipinski definition) is 2. The van der Waals surface area contributed by atoms with Crippen LogP contribution in [0, 0.1) is 5.82 Å². The highest BCUT2D eigenvalue weighted by atomic mass is 35.5. The number of benzene rings is 1. The summed E-state index contributed by atoms with van der Waals surface area (Å²) in [5.41, 5.74) is -0.737. The van der Waals surface area contributed by atoms with Crippen LogP contribution in [0.25, 0.3) is 0 Å². The summed E-state index contributed by atoms with van der Waals surface area (Å²) in [5.74, 6) is 0.00295. The Kier molecular flexibility index (Phi) is 3.45. The molecule has 106 valence electrons. The Labute approximate surface area is 119 Å². The molecule has 0 spiro atoms. The molecule has 0 aliphatic carbocycles. The molecule has 0 amide bonds. The predicted molar refractivity (Wildman–Crippen MR) is 69.9 cm³/mol. The molecule has 20 heavy (non-hydrogen) atoms. The molecular weight excluding hydrogens is 285 g/mol. The fourth-order valence-electron chi connectivity index (χ4n) is 2.23. The van der Waals surface area contributed by atoms with Crippen LogP contribution in [0.2, 0.25) is 5.02 Å². The van der Waals surface area contributed by atoms with Gasteiger partial charge in [-0.05, 0) is 24.6 Å². The lowest BCUT2D eigenvalue weighted by Gasteiger charge is -2.14. The maximum Gasteiger partial charge on any atom is 0.259 e. The van der Waals surface area contributed by atoms with Crippen molar-refractivity contribution in [3.8, 4) is 0 Å². The monoisotopic (exact) mass is 297 g/mol. The van der Waals surface area contributed by atoms with Gasteiger partial charge in [-0.3, -0.25) is 0 Å². The topological polar surface area (TPSA) is 71.2 Å². The van der Waals surface area contributed by atoms with E-state index in [-0.39, 0.29) is 17.3 Å². The Bertz CT molecular complexity index is 626. The molecule has 2 N–H and O–H groups in total. The molecule has 7 heteroatoms. The van der Waals surface area contributed by atoms with E-state index in [9.17, 15) is 9.50 Å². The molecule has 1 aliphatic rings. The summed E-state index contributed by atoms with van der Waals surface area (Å²) < 4.78 is 18.9. The number of hydrogen-bond acceptors (Lipinski definition) is 5. The Hall–Kier alpha value is -1.50. The summed E-state index contributed by atoms with van der Waals surface area (Å²) in [5, 5.41) is 17.2. The minimum Gasteiger partial charge on any atom is -0.379 e. The fourth-order valence-corrected chi connectivity index (χ4v) is 2.43. The molecule has 1 atom stereocenters. The highest BCUT2D eigenvalue weighted by molar-refractivity contribution is 6.30. The van der Waals surface area contributed by atoms with Gasteiger partial charge in [-0.15, -0.1) is 0 Å². The van der Waals surface area contributed by atoms with Gasteiger partial charge in [-0.25, -0.2) is 4.39 Å². The first-order chi connectivity index (χ1) is 9.58. The molecule has 1 aliphatic heterocycles. The van der Waals surface area contributed by atoms with Crippen molar-refractivity contribution >= 4 is 11.6 Å². The third-order valence-electron chi connectivity index (χ3n) is 3.38. The highest BCUT2D eigenvalue weighted by Gasteiger charge is 2.38. The van der Waals surface area contributed by atoms with E-state index < -0.39 is 11.4 Å².